The number of aryl methyl sites for hydroxylation is 1. The normalized spacial score (nSPS) is 28.7. The minimum Gasteiger partial charge on any atom is -0.481 e. The van der Waals surface area contributed by atoms with Gasteiger partial charge in [0, 0.05) is 17.9 Å². The summed E-state index contributed by atoms with van der Waals surface area (Å²) in [5.74, 6) is 0.00489. The summed E-state index contributed by atoms with van der Waals surface area (Å²) in [5.41, 5.74) is 1.11. The van der Waals surface area contributed by atoms with Gasteiger partial charge in [-0.15, -0.1) is 0 Å². The van der Waals surface area contributed by atoms with Gasteiger partial charge in [-0.2, -0.15) is 0 Å². The van der Waals surface area contributed by atoms with Gasteiger partial charge in [-0.05, 0) is 44.6 Å². The number of hydrogen-bond acceptors (Lipinski definition) is 3. The van der Waals surface area contributed by atoms with Crippen LogP contribution < -0.4 is 5.32 Å². The van der Waals surface area contributed by atoms with Crippen LogP contribution in [0.2, 0.25) is 0 Å². The zero-order valence-electron chi connectivity index (χ0n) is 12.0. The molecule has 5 nitrogen and oxygen atoms in total. The Labute approximate surface area is 123 Å². The fourth-order valence-electron chi connectivity index (χ4n) is 3.53. The summed E-state index contributed by atoms with van der Waals surface area (Å²) in [6, 6.07) is 2.00. The monoisotopic (exact) mass is 291 g/mol. The number of carboxylic acid groups (broad SMARTS) is 1. The molecular weight excluding hydrogens is 270 g/mol. The highest BCUT2D eigenvalue weighted by atomic mass is 16.4. The average Bonchev–Trinajstić information content (AvgIpc) is 2.97. The van der Waals surface area contributed by atoms with E-state index in [4.69, 9.17) is 9.52 Å². The summed E-state index contributed by atoms with van der Waals surface area (Å²) in [6.07, 6.45) is 7.16. The lowest BCUT2D eigenvalue weighted by Gasteiger charge is -2.28. The van der Waals surface area contributed by atoms with Crippen molar-refractivity contribution in [3.05, 3.63) is 23.7 Å². The predicted octanol–water partition coefficient (Wildman–Crippen LogP) is 2.66. The highest BCUT2D eigenvalue weighted by Gasteiger charge is 2.32. The van der Waals surface area contributed by atoms with Crippen molar-refractivity contribution in [3.8, 4) is 0 Å². The number of hydrogen-bond donors (Lipinski definition) is 2. The van der Waals surface area contributed by atoms with Gasteiger partial charge in [-0.25, -0.2) is 0 Å². The lowest BCUT2D eigenvalue weighted by molar-refractivity contribution is -0.144. The maximum atomic E-state index is 12.4. The summed E-state index contributed by atoms with van der Waals surface area (Å²) in [4.78, 5) is 23.3. The minimum atomic E-state index is -0.732. The Hall–Kier alpha value is -1.78. The second-order valence-corrected chi connectivity index (χ2v) is 6.14. The van der Waals surface area contributed by atoms with Gasteiger partial charge in [0.1, 0.15) is 5.76 Å². The maximum absolute atomic E-state index is 12.4. The van der Waals surface area contributed by atoms with E-state index in [1.54, 1.807) is 6.26 Å². The topological polar surface area (TPSA) is 79.5 Å². The highest BCUT2D eigenvalue weighted by Crippen LogP contribution is 2.33. The molecule has 0 bridgehead atoms. The average molecular weight is 291 g/mol. The number of rotatable bonds is 3. The Kier molecular flexibility index (Phi) is 3.99. The molecule has 1 atom stereocenters. The number of amides is 1. The Bertz CT molecular complexity index is 528. The molecule has 114 valence electrons. The Morgan fingerprint density at radius 2 is 1.86 bits per heavy atom. The van der Waals surface area contributed by atoms with E-state index in [2.05, 4.69) is 5.32 Å². The summed E-state index contributed by atoms with van der Waals surface area (Å²) in [5, 5.41) is 12.1. The first kappa shape index (κ1) is 14.2. The van der Waals surface area contributed by atoms with E-state index in [9.17, 15) is 9.59 Å². The van der Waals surface area contributed by atoms with Crippen molar-refractivity contribution < 1.29 is 19.1 Å². The number of furan rings is 1. The molecule has 2 aliphatic rings. The Morgan fingerprint density at radius 1 is 1.14 bits per heavy atom. The third kappa shape index (κ3) is 2.96. The molecule has 2 aliphatic carbocycles. The summed E-state index contributed by atoms with van der Waals surface area (Å²) < 4.78 is 5.44. The largest absolute Gasteiger partial charge is 0.481 e. The highest BCUT2D eigenvalue weighted by molar-refractivity contribution is 5.79. The lowest BCUT2D eigenvalue weighted by atomic mass is 9.81. The van der Waals surface area contributed by atoms with E-state index >= 15 is 0 Å². The Morgan fingerprint density at radius 3 is 2.57 bits per heavy atom. The van der Waals surface area contributed by atoms with E-state index in [1.807, 2.05) is 6.07 Å². The van der Waals surface area contributed by atoms with Gasteiger partial charge in [0.2, 0.25) is 5.91 Å². The first-order chi connectivity index (χ1) is 10.1. The molecule has 1 saturated carbocycles. The molecule has 1 fully saturated rings. The van der Waals surface area contributed by atoms with E-state index in [-0.39, 0.29) is 23.8 Å². The molecular formula is C16H21NO4. The van der Waals surface area contributed by atoms with Gasteiger partial charge < -0.3 is 14.8 Å². The first-order valence-corrected chi connectivity index (χ1v) is 7.74. The molecule has 0 aromatic carbocycles. The zero-order valence-corrected chi connectivity index (χ0v) is 12.0. The Balaban J connectivity index is 1.57. The molecule has 1 heterocycles. The van der Waals surface area contributed by atoms with Crippen LogP contribution in [0.4, 0.5) is 0 Å². The van der Waals surface area contributed by atoms with Crippen LogP contribution in [0.25, 0.3) is 0 Å². The van der Waals surface area contributed by atoms with Crippen molar-refractivity contribution >= 4 is 11.9 Å². The molecule has 1 unspecified atom stereocenters. The predicted molar refractivity (Wildman–Crippen MR) is 75.6 cm³/mol. The van der Waals surface area contributed by atoms with E-state index < -0.39 is 5.97 Å². The summed E-state index contributed by atoms with van der Waals surface area (Å²) in [7, 11) is 0. The van der Waals surface area contributed by atoms with Gasteiger partial charge in [0.25, 0.3) is 0 Å². The van der Waals surface area contributed by atoms with Gasteiger partial charge in [0.15, 0.2) is 0 Å². The molecule has 0 aliphatic heterocycles. The van der Waals surface area contributed by atoms with Crippen LogP contribution in [0.1, 0.15) is 55.9 Å². The van der Waals surface area contributed by atoms with Crippen LogP contribution in [0.3, 0.4) is 0 Å². The molecule has 0 spiro atoms. The van der Waals surface area contributed by atoms with Gasteiger partial charge in [0.05, 0.1) is 18.2 Å². The molecule has 3 rings (SSSR count). The van der Waals surface area contributed by atoms with Crippen molar-refractivity contribution in [1.29, 1.82) is 0 Å². The van der Waals surface area contributed by atoms with Crippen molar-refractivity contribution in [2.75, 3.05) is 0 Å². The van der Waals surface area contributed by atoms with Crippen LogP contribution in [0.15, 0.2) is 16.7 Å². The van der Waals surface area contributed by atoms with Crippen molar-refractivity contribution in [2.24, 2.45) is 11.8 Å². The number of fused-ring (bicyclic) bond motifs is 1. The molecule has 1 aromatic rings. The van der Waals surface area contributed by atoms with Crippen LogP contribution in [-0.2, 0) is 16.0 Å². The maximum Gasteiger partial charge on any atom is 0.306 e. The quantitative estimate of drug-likeness (QED) is 0.897. The smallest absolute Gasteiger partial charge is 0.306 e. The first-order valence-electron chi connectivity index (χ1n) is 7.74. The second kappa shape index (κ2) is 5.92. The van der Waals surface area contributed by atoms with Crippen LogP contribution in [-0.4, -0.2) is 17.0 Å². The standard InChI is InChI=1S/C16H21NO4/c18-15(10-4-6-11(7-5-10)16(19)20)17-13-2-1-3-14-12(13)8-9-21-14/h8-11,13H,1-7H2,(H,17,18)(H,19,20). The van der Waals surface area contributed by atoms with Gasteiger partial charge in [-0.1, -0.05) is 0 Å². The molecule has 0 radical (unpaired) electrons. The van der Waals surface area contributed by atoms with Crippen LogP contribution in [0.5, 0.6) is 0 Å². The van der Waals surface area contributed by atoms with E-state index in [1.165, 1.54) is 0 Å². The fraction of sp³-hybridized carbons (Fsp3) is 0.625. The number of carbonyl (C=O) groups excluding carboxylic acids is 1. The van der Waals surface area contributed by atoms with Crippen molar-refractivity contribution in [3.63, 3.8) is 0 Å². The lowest BCUT2D eigenvalue weighted by Crippen LogP contribution is -2.37. The third-order valence-electron chi connectivity index (χ3n) is 4.82. The summed E-state index contributed by atoms with van der Waals surface area (Å²) >= 11 is 0. The van der Waals surface area contributed by atoms with Gasteiger partial charge in [-0.3, -0.25) is 9.59 Å². The molecule has 2 N–H and O–H groups in total. The van der Waals surface area contributed by atoms with E-state index in [0.29, 0.717) is 25.7 Å². The van der Waals surface area contributed by atoms with Crippen LogP contribution >= 0.6 is 0 Å². The molecule has 1 aromatic heterocycles. The second-order valence-electron chi connectivity index (χ2n) is 6.14. The van der Waals surface area contributed by atoms with Crippen molar-refractivity contribution in [1.82, 2.24) is 5.32 Å². The molecule has 5 heteroatoms. The van der Waals surface area contributed by atoms with Gasteiger partial charge >= 0.3 is 5.97 Å². The third-order valence-corrected chi connectivity index (χ3v) is 4.82. The van der Waals surface area contributed by atoms with Crippen LogP contribution in [0, 0.1) is 11.8 Å². The number of aliphatic carboxylic acids is 1. The fourth-order valence-corrected chi connectivity index (χ4v) is 3.53. The molecule has 0 saturated heterocycles. The zero-order chi connectivity index (χ0) is 14.8. The number of nitrogens with one attached hydrogen (secondary N) is 1. The van der Waals surface area contributed by atoms with Crippen molar-refractivity contribution in [2.45, 2.75) is 51.0 Å². The summed E-state index contributed by atoms with van der Waals surface area (Å²) in [6.45, 7) is 0. The minimum absolute atomic E-state index is 0.0436. The molecule has 21 heavy (non-hydrogen) atoms. The number of carbonyl (C=O) groups is 2. The molecule has 1 amide bonds. The number of carboxylic acids is 1. The SMILES string of the molecule is O=C(O)C1CCC(C(=O)NC2CCCc3occc32)CC1. The van der Waals surface area contributed by atoms with E-state index in [0.717, 1.165) is 30.6 Å².